The van der Waals surface area contributed by atoms with Crippen molar-refractivity contribution in [3.63, 3.8) is 0 Å². The highest BCUT2D eigenvalue weighted by Gasteiger charge is 2.25. The molecule has 3 nitrogen and oxygen atoms in total. The fourth-order valence-electron chi connectivity index (χ4n) is 2.71. The molecule has 0 aromatic heterocycles. The predicted molar refractivity (Wildman–Crippen MR) is 81.4 cm³/mol. The van der Waals surface area contributed by atoms with Crippen LogP contribution < -0.4 is 10.6 Å². The van der Waals surface area contributed by atoms with Gasteiger partial charge in [0.2, 0.25) is 0 Å². The first-order valence-corrected chi connectivity index (χ1v) is 6.76. The molecule has 1 saturated heterocycles. The van der Waals surface area contributed by atoms with Gasteiger partial charge in [-0.05, 0) is 32.5 Å². The van der Waals surface area contributed by atoms with E-state index in [1.807, 2.05) is 12.1 Å². The summed E-state index contributed by atoms with van der Waals surface area (Å²) in [6.45, 7) is 7.56. The Kier molecular flexibility index (Phi) is 3.88. The van der Waals surface area contributed by atoms with Crippen LogP contribution in [-0.2, 0) is 0 Å². The summed E-state index contributed by atoms with van der Waals surface area (Å²) in [7, 11) is 2.17. The number of aryl methyl sites for hydroxylation is 1. The lowest BCUT2D eigenvalue weighted by Gasteiger charge is -2.41. The fourth-order valence-corrected chi connectivity index (χ4v) is 2.88. The van der Waals surface area contributed by atoms with Gasteiger partial charge in [0, 0.05) is 31.2 Å². The first-order chi connectivity index (χ1) is 8.50. The first-order valence-electron chi connectivity index (χ1n) is 6.35. The fraction of sp³-hybridized carbons (Fsp3) is 0.500. The molecule has 0 amide bonds. The van der Waals surface area contributed by atoms with E-state index in [9.17, 15) is 0 Å². The molecule has 0 spiro atoms. The van der Waals surface area contributed by atoms with Crippen LogP contribution >= 0.6 is 12.2 Å². The maximum atomic E-state index is 5.86. The molecular weight excluding hydrogens is 242 g/mol. The number of benzene rings is 1. The van der Waals surface area contributed by atoms with E-state index in [0.717, 1.165) is 25.2 Å². The van der Waals surface area contributed by atoms with Gasteiger partial charge in [-0.1, -0.05) is 24.4 Å². The topological polar surface area (TPSA) is 32.5 Å². The molecule has 2 rings (SSSR count). The zero-order valence-electron chi connectivity index (χ0n) is 11.3. The minimum Gasteiger partial charge on any atom is -0.389 e. The molecule has 98 valence electrons. The summed E-state index contributed by atoms with van der Waals surface area (Å²) < 4.78 is 0. The van der Waals surface area contributed by atoms with Crippen LogP contribution in [0.15, 0.2) is 18.2 Å². The van der Waals surface area contributed by atoms with E-state index in [2.05, 4.69) is 36.8 Å². The van der Waals surface area contributed by atoms with Gasteiger partial charge >= 0.3 is 0 Å². The van der Waals surface area contributed by atoms with Gasteiger partial charge in [0.1, 0.15) is 4.99 Å². The van der Waals surface area contributed by atoms with Crippen LogP contribution in [0.5, 0.6) is 0 Å². The average molecular weight is 263 g/mol. The normalized spacial score (nSPS) is 21.1. The van der Waals surface area contributed by atoms with Gasteiger partial charge in [-0.15, -0.1) is 0 Å². The number of likely N-dealkylation sites (N-methyl/N-ethyl adjacent to an activating group) is 1. The molecule has 1 fully saturated rings. The molecule has 0 aliphatic carbocycles. The maximum Gasteiger partial charge on any atom is 0.106 e. The zero-order chi connectivity index (χ0) is 13.3. The third kappa shape index (κ3) is 2.49. The molecule has 1 aliphatic heterocycles. The summed E-state index contributed by atoms with van der Waals surface area (Å²) >= 11 is 5.18. The number of anilines is 1. The molecule has 1 aliphatic rings. The van der Waals surface area contributed by atoms with Crippen molar-refractivity contribution >= 4 is 22.9 Å². The monoisotopic (exact) mass is 263 g/mol. The molecule has 4 heteroatoms. The lowest BCUT2D eigenvalue weighted by molar-refractivity contribution is 0.275. The molecule has 0 saturated carbocycles. The average Bonchev–Trinajstić information content (AvgIpc) is 2.29. The third-order valence-corrected chi connectivity index (χ3v) is 3.84. The lowest BCUT2D eigenvalue weighted by atomic mass is 10.0. The molecule has 1 aromatic rings. The molecule has 18 heavy (non-hydrogen) atoms. The van der Waals surface area contributed by atoms with E-state index in [4.69, 9.17) is 18.0 Å². The molecule has 1 unspecified atom stereocenters. The number of hydrogen-bond donors (Lipinski definition) is 1. The van der Waals surface area contributed by atoms with Crippen LogP contribution in [0.3, 0.4) is 0 Å². The van der Waals surface area contributed by atoms with E-state index in [1.54, 1.807) is 0 Å². The Morgan fingerprint density at radius 3 is 2.72 bits per heavy atom. The SMILES string of the molecule is Cc1cccc(C(N)=S)c1N1CCN(C)CC1C. The number of piperazine rings is 1. The maximum absolute atomic E-state index is 5.86. The zero-order valence-corrected chi connectivity index (χ0v) is 12.1. The highest BCUT2D eigenvalue weighted by molar-refractivity contribution is 7.80. The Hall–Kier alpha value is -1.13. The second-order valence-corrected chi connectivity index (χ2v) is 5.58. The predicted octanol–water partition coefficient (Wildman–Crippen LogP) is 1.77. The summed E-state index contributed by atoms with van der Waals surface area (Å²) in [6, 6.07) is 6.66. The van der Waals surface area contributed by atoms with Crippen molar-refractivity contribution in [2.75, 3.05) is 31.6 Å². The van der Waals surface area contributed by atoms with Crippen LogP contribution in [0.2, 0.25) is 0 Å². The third-order valence-electron chi connectivity index (χ3n) is 3.62. The number of thiocarbonyl (C=S) groups is 1. The summed E-state index contributed by atoms with van der Waals surface area (Å²) in [5.74, 6) is 0. The summed E-state index contributed by atoms with van der Waals surface area (Å²) in [5, 5.41) is 0. The van der Waals surface area contributed by atoms with Crippen molar-refractivity contribution < 1.29 is 0 Å². The number of nitrogens with zero attached hydrogens (tertiary/aromatic N) is 2. The number of para-hydroxylation sites is 1. The Morgan fingerprint density at radius 2 is 2.11 bits per heavy atom. The second-order valence-electron chi connectivity index (χ2n) is 5.14. The van der Waals surface area contributed by atoms with Crippen LogP contribution in [0, 0.1) is 6.92 Å². The molecule has 1 atom stereocenters. The van der Waals surface area contributed by atoms with E-state index >= 15 is 0 Å². The Balaban J connectivity index is 2.41. The van der Waals surface area contributed by atoms with E-state index in [1.165, 1.54) is 11.3 Å². The van der Waals surface area contributed by atoms with Crippen LogP contribution in [-0.4, -0.2) is 42.6 Å². The van der Waals surface area contributed by atoms with Crippen LogP contribution in [0.1, 0.15) is 18.1 Å². The van der Waals surface area contributed by atoms with Gasteiger partial charge in [-0.2, -0.15) is 0 Å². The minimum atomic E-state index is 0.484. The van der Waals surface area contributed by atoms with Gasteiger partial charge in [-0.3, -0.25) is 0 Å². The largest absolute Gasteiger partial charge is 0.389 e. The van der Waals surface area contributed by atoms with Crippen molar-refractivity contribution in [3.05, 3.63) is 29.3 Å². The lowest BCUT2D eigenvalue weighted by Crippen LogP contribution is -2.51. The molecule has 2 N–H and O–H groups in total. The van der Waals surface area contributed by atoms with Gasteiger partial charge < -0.3 is 15.5 Å². The second kappa shape index (κ2) is 5.24. The Morgan fingerprint density at radius 1 is 1.39 bits per heavy atom. The van der Waals surface area contributed by atoms with E-state index < -0.39 is 0 Å². The van der Waals surface area contributed by atoms with Gasteiger partial charge in [0.15, 0.2) is 0 Å². The van der Waals surface area contributed by atoms with Gasteiger partial charge in [-0.25, -0.2) is 0 Å². The van der Waals surface area contributed by atoms with Crippen molar-refractivity contribution in [3.8, 4) is 0 Å². The summed E-state index contributed by atoms with van der Waals surface area (Å²) in [5.41, 5.74) is 9.32. The van der Waals surface area contributed by atoms with Crippen molar-refractivity contribution in [2.45, 2.75) is 19.9 Å². The molecule has 1 aromatic carbocycles. The Bertz CT molecular complexity index is 458. The number of nitrogens with two attached hydrogens (primary N) is 1. The van der Waals surface area contributed by atoms with Crippen molar-refractivity contribution in [1.82, 2.24) is 4.90 Å². The minimum absolute atomic E-state index is 0.484. The number of rotatable bonds is 2. The summed E-state index contributed by atoms with van der Waals surface area (Å²) in [6.07, 6.45) is 0. The van der Waals surface area contributed by atoms with Crippen LogP contribution in [0.4, 0.5) is 5.69 Å². The van der Waals surface area contributed by atoms with E-state index in [-0.39, 0.29) is 0 Å². The quantitative estimate of drug-likeness (QED) is 0.824. The first kappa shape index (κ1) is 13.3. The van der Waals surface area contributed by atoms with Crippen molar-refractivity contribution in [1.29, 1.82) is 0 Å². The standard InChI is InChI=1S/C14H21N3S/c1-10-5-4-6-12(14(15)18)13(10)17-8-7-16(3)9-11(17)2/h4-6,11H,7-9H2,1-3H3,(H2,15,18). The van der Waals surface area contributed by atoms with Gasteiger partial charge in [0.05, 0.1) is 5.69 Å². The molecule has 0 bridgehead atoms. The highest BCUT2D eigenvalue weighted by atomic mass is 32.1. The smallest absolute Gasteiger partial charge is 0.106 e. The van der Waals surface area contributed by atoms with Crippen molar-refractivity contribution in [2.24, 2.45) is 5.73 Å². The summed E-state index contributed by atoms with van der Waals surface area (Å²) in [4.78, 5) is 5.28. The van der Waals surface area contributed by atoms with Crippen LogP contribution in [0.25, 0.3) is 0 Å². The number of hydrogen-bond acceptors (Lipinski definition) is 3. The van der Waals surface area contributed by atoms with Gasteiger partial charge in [0.25, 0.3) is 0 Å². The van der Waals surface area contributed by atoms with E-state index in [0.29, 0.717) is 11.0 Å². The molecule has 1 heterocycles. The highest BCUT2D eigenvalue weighted by Crippen LogP contribution is 2.28. The molecule has 0 radical (unpaired) electrons. The molecular formula is C14H21N3S. The Labute approximate surface area is 115 Å².